The van der Waals surface area contributed by atoms with Gasteiger partial charge in [0.1, 0.15) is 17.1 Å². The molecule has 3 heterocycles. The number of furan rings is 1. The van der Waals surface area contributed by atoms with E-state index in [-0.39, 0.29) is 11.0 Å². The van der Waals surface area contributed by atoms with E-state index in [2.05, 4.69) is 54.0 Å². The van der Waals surface area contributed by atoms with Crippen LogP contribution in [0.3, 0.4) is 0 Å². The number of nitrogen functional groups attached to an aromatic ring is 1. The molecule has 0 saturated carbocycles. The zero-order valence-electron chi connectivity index (χ0n) is 17.3. The predicted octanol–water partition coefficient (Wildman–Crippen LogP) is 5.25. The lowest BCUT2D eigenvalue weighted by Gasteiger charge is -2.36. The van der Waals surface area contributed by atoms with Crippen LogP contribution in [0.4, 0.5) is 5.95 Å². The summed E-state index contributed by atoms with van der Waals surface area (Å²) in [5.74, 6) is 1.64. The van der Waals surface area contributed by atoms with Gasteiger partial charge in [0.2, 0.25) is 14.3 Å². The number of nitrogens with two attached hydrogens (primary N) is 1. The molecule has 0 unspecified atom stereocenters. The lowest BCUT2D eigenvalue weighted by molar-refractivity contribution is 0.492. The number of nitrogens with one attached hydrogen (secondary N) is 1. The van der Waals surface area contributed by atoms with Crippen molar-refractivity contribution < 1.29 is 8.84 Å². The second-order valence-electron chi connectivity index (χ2n) is 8.62. The van der Waals surface area contributed by atoms with Crippen molar-refractivity contribution in [2.24, 2.45) is 0 Å². The number of aromatic nitrogens is 4. The Morgan fingerprint density at radius 3 is 2.52 bits per heavy atom. The predicted molar refractivity (Wildman–Crippen MR) is 117 cm³/mol. The maximum atomic E-state index is 6.41. The molecule has 29 heavy (non-hydrogen) atoms. The zero-order chi connectivity index (χ0) is 20.8. The van der Waals surface area contributed by atoms with Gasteiger partial charge >= 0.3 is 0 Å². The molecule has 0 saturated heterocycles. The van der Waals surface area contributed by atoms with Crippen LogP contribution >= 0.6 is 0 Å². The Bertz CT molecular complexity index is 1160. The second kappa shape index (κ2) is 6.73. The molecule has 4 rings (SSSR count). The fourth-order valence-corrected chi connectivity index (χ4v) is 3.87. The number of aromatic amines is 1. The van der Waals surface area contributed by atoms with Gasteiger partial charge < -0.3 is 14.6 Å². The van der Waals surface area contributed by atoms with Crippen molar-refractivity contribution in [2.75, 3.05) is 5.73 Å². The minimum absolute atomic E-state index is 0.127. The van der Waals surface area contributed by atoms with E-state index in [1.807, 2.05) is 30.3 Å². The topological polar surface area (TPSA) is 103 Å². The third-order valence-electron chi connectivity index (χ3n) is 5.47. The van der Waals surface area contributed by atoms with E-state index in [0.29, 0.717) is 22.8 Å². The Morgan fingerprint density at radius 1 is 1.07 bits per heavy atom. The lowest BCUT2D eigenvalue weighted by atomic mass is 10.1. The summed E-state index contributed by atoms with van der Waals surface area (Å²) in [6.45, 7) is 11.1. The zero-order valence-corrected chi connectivity index (χ0v) is 18.3. The highest BCUT2D eigenvalue weighted by molar-refractivity contribution is 6.74. The number of H-pyrrole nitrogens is 1. The molecule has 0 bridgehead atoms. The molecule has 8 heteroatoms. The monoisotopic (exact) mass is 407 g/mol. The summed E-state index contributed by atoms with van der Waals surface area (Å²) in [6, 6.07) is 11.4. The molecule has 0 fully saturated rings. The van der Waals surface area contributed by atoms with Crippen molar-refractivity contribution in [3.63, 3.8) is 0 Å². The van der Waals surface area contributed by atoms with Gasteiger partial charge in [-0.2, -0.15) is 5.10 Å². The van der Waals surface area contributed by atoms with Crippen molar-refractivity contribution >= 4 is 25.2 Å². The molecule has 4 aromatic rings. The Morgan fingerprint density at radius 2 is 1.83 bits per heavy atom. The molecular weight excluding hydrogens is 382 g/mol. The Balaban J connectivity index is 1.72. The standard InChI is InChI=1S/C21H25N5O2Si/c1-21(2,3)29(4,5)28-13-8-9-14-15(11-13)25-26-19(14)17-12-16(23-20(22)24-17)18-7-6-10-27-18/h6-12H,1-5H3,(H,25,26)(H2,22,23,24). The smallest absolute Gasteiger partial charge is 0.250 e. The minimum atomic E-state index is -1.92. The van der Waals surface area contributed by atoms with Crippen LogP contribution in [0.5, 0.6) is 5.75 Å². The van der Waals surface area contributed by atoms with Crippen LogP contribution < -0.4 is 10.2 Å². The first kappa shape index (κ1) is 19.2. The van der Waals surface area contributed by atoms with Crippen LogP contribution in [0.25, 0.3) is 33.7 Å². The number of anilines is 1. The highest BCUT2D eigenvalue weighted by Crippen LogP contribution is 2.38. The summed E-state index contributed by atoms with van der Waals surface area (Å²) in [7, 11) is -1.92. The molecule has 0 atom stereocenters. The van der Waals surface area contributed by atoms with Gasteiger partial charge in [-0.3, -0.25) is 5.10 Å². The van der Waals surface area contributed by atoms with Gasteiger partial charge in [0.05, 0.1) is 17.5 Å². The molecule has 1 aromatic carbocycles. The summed E-state index contributed by atoms with van der Waals surface area (Å²) in [5, 5.41) is 8.62. The van der Waals surface area contributed by atoms with Crippen molar-refractivity contribution in [1.29, 1.82) is 0 Å². The third-order valence-corrected chi connectivity index (χ3v) is 9.83. The average molecular weight is 408 g/mol. The van der Waals surface area contributed by atoms with Gasteiger partial charge in [0.15, 0.2) is 5.76 Å². The molecule has 0 amide bonds. The lowest BCUT2D eigenvalue weighted by Crippen LogP contribution is -2.43. The maximum absolute atomic E-state index is 6.41. The van der Waals surface area contributed by atoms with E-state index in [1.165, 1.54) is 0 Å². The van der Waals surface area contributed by atoms with Crippen molar-refractivity contribution in [2.45, 2.75) is 38.9 Å². The van der Waals surface area contributed by atoms with Gasteiger partial charge in [0, 0.05) is 11.5 Å². The van der Waals surface area contributed by atoms with E-state index < -0.39 is 8.32 Å². The van der Waals surface area contributed by atoms with E-state index in [4.69, 9.17) is 14.6 Å². The summed E-state index contributed by atoms with van der Waals surface area (Å²) in [6.07, 6.45) is 1.60. The van der Waals surface area contributed by atoms with E-state index in [9.17, 15) is 0 Å². The van der Waals surface area contributed by atoms with Crippen LogP contribution in [-0.2, 0) is 0 Å². The molecule has 0 aliphatic rings. The molecule has 0 spiro atoms. The SMILES string of the molecule is CC(C)(C)[Si](C)(C)Oc1ccc2c(-c3cc(-c4ccco4)nc(N)n3)n[nH]c2c1. The van der Waals surface area contributed by atoms with Gasteiger partial charge in [-0.25, -0.2) is 9.97 Å². The van der Waals surface area contributed by atoms with Crippen LogP contribution in [0.1, 0.15) is 20.8 Å². The fourth-order valence-electron chi connectivity index (χ4n) is 2.84. The molecule has 7 nitrogen and oxygen atoms in total. The Labute approximate surface area is 170 Å². The van der Waals surface area contributed by atoms with Gasteiger partial charge in [-0.05, 0) is 48.5 Å². The number of rotatable bonds is 4. The summed E-state index contributed by atoms with van der Waals surface area (Å²) < 4.78 is 11.8. The van der Waals surface area contributed by atoms with Crippen LogP contribution in [0, 0.1) is 0 Å². The van der Waals surface area contributed by atoms with Gasteiger partial charge in [-0.1, -0.05) is 20.8 Å². The van der Waals surface area contributed by atoms with Crippen LogP contribution in [0.15, 0.2) is 47.1 Å². The molecule has 0 aliphatic carbocycles. The quantitative estimate of drug-likeness (QED) is 0.448. The first-order chi connectivity index (χ1) is 13.6. The highest BCUT2D eigenvalue weighted by Gasteiger charge is 2.39. The fraction of sp³-hybridized carbons (Fsp3) is 0.286. The molecule has 3 N–H and O–H groups in total. The van der Waals surface area contributed by atoms with Crippen LogP contribution in [-0.4, -0.2) is 28.5 Å². The number of benzene rings is 1. The Hall–Kier alpha value is -3.13. The molecule has 0 radical (unpaired) electrons. The van der Waals surface area contributed by atoms with Gasteiger partial charge in [-0.15, -0.1) is 0 Å². The van der Waals surface area contributed by atoms with E-state index in [1.54, 1.807) is 12.3 Å². The number of hydrogen-bond acceptors (Lipinski definition) is 6. The molecule has 150 valence electrons. The summed E-state index contributed by atoms with van der Waals surface area (Å²) in [4.78, 5) is 8.63. The largest absolute Gasteiger partial charge is 0.543 e. The van der Waals surface area contributed by atoms with Gasteiger partial charge in [0.25, 0.3) is 0 Å². The molecule has 3 aromatic heterocycles. The van der Waals surface area contributed by atoms with Crippen molar-refractivity contribution in [3.05, 3.63) is 42.7 Å². The Kier molecular flexibility index (Phi) is 4.46. The van der Waals surface area contributed by atoms with Crippen molar-refractivity contribution in [3.8, 4) is 28.6 Å². The summed E-state index contributed by atoms with van der Waals surface area (Å²) >= 11 is 0. The minimum Gasteiger partial charge on any atom is -0.543 e. The normalized spacial score (nSPS) is 12.4. The summed E-state index contributed by atoms with van der Waals surface area (Å²) in [5.41, 5.74) is 8.77. The number of fused-ring (bicyclic) bond motifs is 1. The average Bonchev–Trinajstić information content (AvgIpc) is 3.29. The maximum Gasteiger partial charge on any atom is 0.250 e. The third kappa shape index (κ3) is 3.63. The number of hydrogen-bond donors (Lipinski definition) is 2. The highest BCUT2D eigenvalue weighted by atomic mass is 28.4. The van der Waals surface area contributed by atoms with Crippen molar-refractivity contribution in [1.82, 2.24) is 20.2 Å². The number of nitrogens with zero attached hydrogens (tertiary/aromatic N) is 3. The first-order valence-electron chi connectivity index (χ1n) is 9.50. The second-order valence-corrected chi connectivity index (χ2v) is 13.3. The molecule has 0 aliphatic heterocycles. The molecular formula is C21H25N5O2Si. The first-order valence-corrected chi connectivity index (χ1v) is 12.4. The van der Waals surface area contributed by atoms with E-state index >= 15 is 0 Å². The van der Waals surface area contributed by atoms with E-state index in [0.717, 1.165) is 16.7 Å². The van der Waals surface area contributed by atoms with Crippen LogP contribution in [0.2, 0.25) is 18.1 Å².